The van der Waals surface area contributed by atoms with Crippen molar-refractivity contribution >= 4 is 46.2 Å². The quantitative estimate of drug-likeness (QED) is 0.624. The number of rotatable bonds is 5. The summed E-state index contributed by atoms with van der Waals surface area (Å²) < 4.78 is 14.9. The molecule has 0 radical (unpaired) electrons. The molecule has 0 fully saturated rings. The number of hydrogen-bond acceptors (Lipinski definition) is 2. The van der Waals surface area contributed by atoms with Crippen molar-refractivity contribution in [1.82, 2.24) is 15.1 Å². The molecule has 0 atom stereocenters. The lowest BCUT2D eigenvalue weighted by Crippen LogP contribution is -2.29. The average molecular weight is 361 g/mol. The molecule has 0 aliphatic rings. The van der Waals surface area contributed by atoms with Crippen LogP contribution in [0.2, 0.25) is 10.0 Å². The van der Waals surface area contributed by atoms with Crippen molar-refractivity contribution in [3.05, 3.63) is 46.0 Å². The zero-order valence-electron chi connectivity index (χ0n) is 11.9. The van der Waals surface area contributed by atoms with E-state index in [9.17, 15) is 4.39 Å². The van der Waals surface area contributed by atoms with Gasteiger partial charge < -0.3 is 10.6 Å². The first-order valence-electron chi connectivity index (χ1n) is 6.65. The number of nitrogens with one attached hydrogen (secondary N) is 2. The normalized spacial score (nSPS) is 10.5. The second-order valence-corrected chi connectivity index (χ2v) is 5.89. The molecular weight excluding hydrogens is 346 g/mol. The van der Waals surface area contributed by atoms with Gasteiger partial charge in [0.05, 0.1) is 21.9 Å². The van der Waals surface area contributed by atoms with Gasteiger partial charge in [0.1, 0.15) is 5.82 Å². The van der Waals surface area contributed by atoms with Crippen LogP contribution in [0.3, 0.4) is 0 Å². The van der Waals surface area contributed by atoms with Crippen LogP contribution in [0.5, 0.6) is 0 Å². The average Bonchev–Trinajstić information content (AvgIpc) is 2.79. The number of nitrogens with zero attached hydrogens (tertiary/aromatic N) is 2. The van der Waals surface area contributed by atoms with Gasteiger partial charge in [-0.2, -0.15) is 5.10 Å². The van der Waals surface area contributed by atoms with E-state index in [-0.39, 0.29) is 5.02 Å². The Bertz CT molecular complexity index is 675. The molecule has 4 nitrogen and oxygen atoms in total. The Morgan fingerprint density at radius 1 is 1.36 bits per heavy atom. The molecule has 0 spiro atoms. The summed E-state index contributed by atoms with van der Waals surface area (Å²) in [5, 5.41) is 11.4. The number of aromatic nitrogens is 2. The number of hydrogen-bond donors (Lipinski definition) is 2. The number of thiocarbonyl (C=S) groups is 1. The summed E-state index contributed by atoms with van der Waals surface area (Å²) >= 11 is 16.8. The van der Waals surface area contributed by atoms with Crippen LogP contribution in [0.1, 0.15) is 12.1 Å². The first-order chi connectivity index (χ1) is 10.5. The molecule has 1 aromatic carbocycles. The van der Waals surface area contributed by atoms with Gasteiger partial charge in [0, 0.05) is 18.8 Å². The highest BCUT2D eigenvalue weighted by Gasteiger charge is 2.04. The van der Waals surface area contributed by atoms with Crippen molar-refractivity contribution in [2.45, 2.75) is 19.9 Å². The van der Waals surface area contributed by atoms with Gasteiger partial charge >= 0.3 is 0 Å². The molecule has 0 unspecified atom stereocenters. The van der Waals surface area contributed by atoms with Gasteiger partial charge in [-0.25, -0.2) is 4.39 Å². The Morgan fingerprint density at radius 2 is 2.14 bits per heavy atom. The van der Waals surface area contributed by atoms with Crippen LogP contribution in [0.4, 0.5) is 10.1 Å². The summed E-state index contributed by atoms with van der Waals surface area (Å²) in [6.45, 7) is 3.35. The third-order valence-corrected chi connectivity index (χ3v) is 3.96. The van der Waals surface area contributed by atoms with Crippen LogP contribution in [0, 0.1) is 12.7 Å². The van der Waals surface area contributed by atoms with E-state index in [1.807, 2.05) is 11.6 Å². The van der Waals surface area contributed by atoms with Gasteiger partial charge in [-0.05, 0) is 43.8 Å². The molecule has 0 bridgehead atoms. The summed E-state index contributed by atoms with van der Waals surface area (Å²) in [4.78, 5) is 0. The molecule has 0 aliphatic heterocycles. The van der Waals surface area contributed by atoms with E-state index >= 15 is 0 Å². The minimum absolute atomic E-state index is 0.0545. The molecule has 0 amide bonds. The van der Waals surface area contributed by atoms with E-state index in [4.69, 9.17) is 35.4 Å². The number of aryl methyl sites for hydroxylation is 1. The van der Waals surface area contributed by atoms with Gasteiger partial charge in [0.25, 0.3) is 0 Å². The maximum absolute atomic E-state index is 13.1. The van der Waals surface area contributed by atoms with Crippen molar-refractivity contribution in [2.24, 2.45) is 0 Å². The standard InChI is InChI=1S/C14H15Cl2FN4S/c1-9-12(16)8-19-21(9)6-2-5-18-14(22)20-10-3-4-13(17)11(15)7-10/h3-4,7-8H,2,5-6H2,1H3,(H2,18,20,22). The van der Waals surface area contributed by atoms with Crippen molar-refractivity contribution < 1.29 is 4.39 Å². The predicted octanol–water partition coefficient (Wildman–Crippen LogP) is 4.01. The fraction of sp³-hybridized carbons (Fsp3) is 0.286. The van der Waals surface area contributed by atoms with Gasteiger partial charge in [-0.15, -0.1) is 0 Å². The Kier molecular flexibility index (Phi) is 5.99. The summed E-state index contributed by atoms with van der Waals surface area (Å²) in [5.41, 5.74) is 1.59. The molecule has 8 heteroatoms. The molecule has 0 aliphatic carbocycles. The summed E-state index contributed by atoms with van der Waals surface area (Å²) in [7, 11) is 0. The van der Waals surface area contributed by atoms with Crippen LogP contribution in [0.15, 0.2) is 24.4 Å². The summed E-state index contributed by atoms with van der Waals surface area (Å²) in [5.74, 6) is -0.459. The highest BCUT2D eigenvalue weighted by atomic mass is 35.5. The molecule has 1 aromatic heterocycles. The number of anilines is 1. The zero-order valence-corrected chi connectivity index (χ0v) is 14.2. The minimum Gasteiger partial charge on any atom is -0.362 e. The van der Waals surface area contributed by atoms with Gasteiger partial charge in [0.2, 0.25) is 0 Å². The Balaban J connectivity index is 1.73. The summed E-state index contributed by atoms with van der Waals surface area (Å²) in [6, 6.07) is 4.35. The van der Waals surface area contributed by atoms with Crippen molar-refractivity contribution in [3.8, 4) is 0 Å². The molecular formula is C14H15Cl2FN4S. The number of halogens is 3. The van der Waals surface area contributed by atoms with Crippen molar-refractivity contribution in [1.29, 1.82) is 0 Å². The maximum atomic E-state index is 13.1. The lowest BCUT2D eigenvalue weighted by atomic mass is 10.3. The van der Waals surface area contributed by atoms with Gasteiger partial charge in [0.15, 0.2) is 5.11 Å². The molecule has 2 N–H and O–H groups in total. The first-order valence-corrected chi connectivity index (χ1v) is 7.81. The van der Waals surface area contributed by atoms with Crippen LogP contribution >= 0.6 is 35.4 Å². The lowest BCUT2D eigenvalue weighted by Gasteiger charge is -2.11. The molecule has 2 rings (SSSR count). The minimum atomic E-state index is -0.459. The van der Waals surface area contributed by atoms with Crippen molar-refractivity contribution in [2.75, 3.05) is 11.9 Å². The van der Waals surface area contributed by atoms with E-state index in [2.05, 4.69) is 15.7 Å². The topological polar surface area (TPSA) is 41.9 Å². The monoisotopic (exact) mass is 360 g/mol. The third-order valence-electron chi connectivity index (χ3n) is 3.05. The van der Waals surface area contributed by atoms with Crippen LogP contribution in [0.25, 0.3) is 0 Å². The highest BCUT2D eigenvalue weighted by Crippen LogP contribution is 2.19. The molecule has 1 heterocycles. The zero-order chi connectivity index (χ0) is 16.1. The third kappa shape index (κ3) is 4.56. The smallest absolute Gasteiger partial charge is 0.170 e. The molecule has 118 valence electrons. The second-order valence-electron chi connectivity index (χ2n) is 4.66. The SMILES string of the molecule is Cc1c(Cl)cnn1CCCNC(=S)Nc1ccc(F)c(Cl)c1. The second kappa shape index (κ2) is 7.76. The largest absolute Gasteiger partial charge is 0.362 e. The van der Waals surface area contributed by atoms with Crippen LogP contribution in [-0.4, -0.2) is 21.4 Å². The number of benzene rings is 1. The molecule has 22 heavy (non-hydrogen) atoms. The first kappa shape index (κ1) is 17.0. The molecule has 0 saturated carbocycles. The van der Waals surface area contributed by atoms with Crippen LogP contribution < -0.4 is 10.6 Å². The molecule has 0 saturated heterocycles. The van der Waals surface area contributed by atoms with Crippen molar-refractivity contribution in [3.63, 3.8) is 0 Å². The van der Waals surface area contributed by atoms with Gasteiger partial charge in [-0.3, -0.25) is 4.68 Å². The Labute approximate surface area is 143 Å². The lowest BCUT2D eigenvalue weighted by molar-refractivity contribution is 0.561. The Hall–Kier alpha value is -1.37. The fourth-order valence-electron chi connectivity index (χ4n) is 1.83. The summed E-state index contributed by atoms with van der Waals surface area (Å²) in [6.07, 6.45) is 2.47. The van der Waals surface area contributed by atoms with Gasteiger partial charge in [-0.1, -0.05) is 23.2 Å². The van der Waals surface area contributed by atoms with E-state index in [1.165, 1.54) is 12.1 Å². The maximum Gasteiger partial charge on any atom is 0.170 e. The fourth-order valence-corrected chi connectivity index (χ4v) is 2.37. The highest BCUT2D eigenvalue weighted by molar-refractivity contribution is 7.80. The van der Waals surface area contributed by atoms with Crippen LogP contribution in [-0.2, 0) is 6.54 Å². The van der Waals surface area contributed by atoms with E-state index in [0.29, 0.717) is 22.4 Å². The predicted molar refractivity (Wildman–Crippen MR) is 92.2 cm³/mol. The van der Waals surface area contributed by atoms with E-state index in [1.54, 1.807) is 12.3 Å². The Morgan fingerprint density at radius 3 is 2.77 bits per heavy atom. The molecule has 2 aromatic rings. The van der Waals surface area contributed by atoms with E-state index in [0.717, 1.165) is 18.7 Å². The van der Waals surface area contributed by atoms with E-state index < -0.39 is 5.82 Å².